The van der Waals surface area contributed by atoms with Crippen LogP contribution in [0, 0.1) is 6.92 Å². The average Bonchev–Trinajstić information content (AvgIpc) is 3.28. The van der Waals surface area contributed by atoms with Gasteiger partial charge in [-0.05, 0) is 55.9 Å². The molecule has 0 bridgehead atoms. The number of aryl methyl sites for hydroxylation is 1. The van der Waals surface area contributed by atoms with E-state index < -0.39 is 0 Å². The smallest absolute Gasteiger partial charge is 0.258 e. The summed E-state index contributed by atoms with van der Waals surface area (Å²) in [5, 5.41) is 5.14. The largest absolute Gasteiger partial charge is 0.484 e. The molecule has 1 atom stereocenters. The Balaban J connectivity index is 0.00000225. The zero-order chi connectivity index (χ0) is 16.8. The van der Waals surface area contributed by atoms with Crippen LogP contribution in [-0.2, 0) is 4.79 Å². The SMILES string of the molecule is Cc1ccccc1OCC(=O)NCC(c1cccs1)N1CCCC1.Cl. The van der Waals surface area contributed by atoms with Gasteiger partial charge in [0.15, 0.2) is 6.61 Å². The Morgan fingerprint density at radius 2 is 2.00 bits per heavy atom. The molecule has 0 aliphatic carbocycles. The standard InChI is InChI=1S/C19H24N2O2S.ClH/c1-15-7-2-3-8-17(15)23-14-19(22)20-13-16(18-9-6-12-24-18)21-10-4-5-11-21;/h2-3,6-9,12,16H,4-5,10-11,13-14H2,1H3,(H,20,22);1H. The molecule has 1 N–H and O–H groups in total. The van der Waals surface area contributed by atoms with Gasteiger partial charge < -0.3 is 10.1 Å². The lowest BCUT2D eigenvalue weighted by Crippen LogP contribution is -2.38. The van der Waals surface area contributed by atoms with Crippen molar-refractivity contribution in [3.8, 4) is 5.75 Å². The molecule has 136 valence electrons. The first-order valence-corrected chi connectivity index (χ1v) is 9.34. The van der Waals surface area contributed by atoms with Crippen LogP contribution in [0.25, 0.3) is 0 Å². The topological polar surface area (TPSA) is 41.6 Å². The third-order valence-electron chi connectivity index (χ3n) is 4.40. The van der Waals surface area contributed by atoms with Crippen LogP contribution >= 0.6 is 23.7 Å². The minimum Gasteiger partial charge on any atom is -0.484 e. The number of thiophene rings is 1. The van der Waals surface area contributed by atoms with Crippen molar-refractivity contribution in [2.45, 2.75) is 25.8 Å². The first-order valence-electron chi connectivity index (χ1n) is 8.46. The number of hydrogen-bond acceptors (Lipinski definition) is 4. The van der Waals surface area contributed by atoms with E-state index in [2.05, 4.69) is 27.7 Å². The van der Waals surface area contributed by atoms with Gasteiger partial charge in [0.1, 0.15) is 5.75 Å². The minimum atomic E-state index is -0.0704. The zero-order valence-electron chi connectivity index (χ0n) is 14.4. The van der Waals surface area contributed by atoms with E-state index in [1.807, 2.05) is 31.2 Å². The van der Waals surface area contributed by atoms with E-state index in [0.29, 0.717) is 6.54 Å². The van der Waals surface area contributed by atoms with Crippen LogP contribution in [0.4, 0.5) is 0 Å². The van der Waals surface area contributed by atoms with Crippen molar-refractivity contribution in [1.29, 1.82) is 0 Å². The number of nitrogens with zero attached hydrogens (tertiary/aromatic N) is 1. The van der Waals surface area contributed by atoms with E-state index in [0.717, 1.165) is 24.4 Å². The number of benzene rings is 1. The van der Waals surface area contributed by atoms with Crippen LogP contribution in [0.3, 0.4) is 0 Å². The van der Waals surface area contributed by atoms with Gasteiger partial charge in [-0.3, -0.25) is 9.69 Å². The summed E-state index contributed by atoms with van der Waals surface area (Å²) >= 11 is 1.76. The molecular formula is C19H25ClN2O2S. The summed E-state index contributed by atoms with van der Waals surface area (Å²) in [6, 6.07) is 12.3. The van der Waals surface area contributed by atoms with E-state index in [1.165, 1.54) is 17.7 Å². The van der Waals surface area contributed by atoms with Gasteiger partial charge >= 0.3 is 0 Å². The molecule has 3 rings (SSSR count). The summed E-state index contributed by atoms with van der Waals surface area (Å²) in [5.41, 5.74) is 1.04. The summed E-state index contributed by atoms with van der Waals surface area (Å²) in [6.45, 7) is 4.89. The van der Waals surface area contributed by atoms with Crippen molar-refractivity contribution in [1.82, 2.24) is 10.2 Å². The molecule has 0 saturated carbocycles. The van der Waals surface area contributed by atoms with Crippen molar-refractivity contribution in [2.75, 3.05) is 26.2 Å². The van der Waals surface area contributed by atoms with Gasteiger partial charge in [0, 0.05) is 11.4 Å². The molecule has 1 amide bonds. The summed E-state index contributed by atoms with van der Waals surface area (Å²) in [6.07, 6.45) is 2.48. The van der Waals surface area contributed by atoms with Gasteiger partial charge in [-0.1, -0.05) is 24.3 Å². The van der Waals surface area contributed by atoms with Crippen molar-refractivity contribution < 1.29 is 9.53 Å². The molecule has 1 aromatic heterocycles. The second-order valence-electron chi connectivity index (χ2n) is 6.13. The highest BCUT2D eigenvalue weighted by Gasteiger charge is 2.24. The Morgan fingerprint density at radius 1 is 1.24 bits per heavy atom. The predicted octanol–water partition coefficient (Wildman–Crippen LogP) is 3.81. The number of carbonyl (C=O) groups excluding carboxylic acids is 1. The average molecular weight is 381 g/mol. The number of likely N-dealkylation sites (tertiary alicyclic amines) is 1. The van der Waals surface area contributed by atoms with Crippen LogP contribution in [0.2, 0.25) is 0 Å². The molecule has 2 heterocycles. The second-order valence-corrected chi connectivity index (χ2v) is 7.11. The molecule has 1 fully saturated rings. The first kappa shape index (κ1) is 19.8. The van der Waals surface area contributed by atoms with Crippen LogP contribution in [0.5, 0.6) is 5.75 Å². The number of carbonyl (C=O) groups is 1. The Kier molecular flexibility index (Phi) is 7.75. The third-order valence-corrected chi connectivity index (χ3v) is 5.37. The molecule has 4 nitrogen and oxygen atoms in total. The molecule has 1 aliphatic heterocycles. The predicted molar refractivity (Wildman–Crippen MR) is 105 cm³/mol. The van der Waals surface area contributed by atoms with Gasteiger partial charge in [0.25, 0.3) is 5.91 Å². The molecule has 2 aromatic rings. The maximum Gasteiger partial charge on any atom is 0.258 e. The zero-order valence-corrected chi connectivity index (χ0v) is 16.1. The summed E-state index contributed by atoms with van der Waals surface area (Å²) in [4.78, 5) is 15.9. The van der Waals surface area contributed by atoms with Crippen molar-refractivity contribution in [3.05, 3.63) is 52.2 Å². The highest BCUT2D eigenvalue weighted by atomic mass is 35.5. The fraction of sp³-hybridized carbons (Fsp3) is 0.421. The Labute approximate surface area is 159 Å². The van der Waals surface area contributed by atoms with Crippen LogP contribution < -0.4 is 10.1 Å². The van der Waals surface area contributed by atoms with Crippen molar-refractivity contribution in [3.63, 3.8) is 0 Å². The Hall–Kier alpha value is -1.56. The minimum absolute atomic E-state index is 0. The summed E-state index contributed by atoms with van der Waals surface area (Å²) in [5.74, 6) is 0.695. The van der Waals surface area contributed by atoms with Gasteiger partial charge in [-0.25, -0.2) is 0 Å². The Bertz CT molecular complexity index is 657. The van der Waals surface area contributed by atoms with Crippen LogP contribution in [0.15, 0.2) is 41.8 Å². The highest BCUT2D eigenvalue weighted by Crippen LogP contribution is 2.27. The maximum atomic E-state index is 12.2. The summed E-state index contributed by atoms with van der Waals surface area (Å²) < 4.78 is 5.62. The van der Waals surface area contributed by atoms with Crippen molar-refractivity contribution >= 4 is 29.7 Å². The number of amides is 1. The molecule has 0 radical (unpaired) electrons. The van der Waals surface area contributed by atoms with Gasteiger partial charge in [0.05, 0.1) is 6.04 Å². The van der Waals surface area contributed by atoms with Gasteiger partial charge in [-0.15, -0.1) is 23.7 Å². The van der Waals surface area contributed by atoms with Crippen LogP contribution in [0.1, 0.15) is 29.3 Å². The van der Waals surface area contributed by atoms with E-state index in [9.17, 15) is 4.79 Å². The molecule has 6 heteroatoms. The maximum absolute atomic E-state index is 12.2. The fourth-order valence-electron chi connectivity index (χ4n) is 3.07. The van der Waals surface area contributed by atoms with Gasteiger partial charge in [0.2, 0.25) is 0 Å². The van der Waals surface area contributed by atoms with Crippen molar-refractivity contribution in [2.24, 2.45) is 0 Å². The van der Waals surface area contributed by atoms with E-state index in [4.69, 9.17) is 4.74 Å². The molecular weight excluding hydrogens is 356 g/mol. The number of halogens is 1. The summed E-state index contributed by atoms with van der Waals surface area (Å²) in [7, 11) is 0. The number of nitrogens with one attached hydrogen (secondary N) is 1. The number of ether oxygens (including phenoxy) is 1. The monoisotopic (exact) mass is 380 g/mol. The fourth-order valence-corrected chi connectivity index (χ4v) is 3.93. The quantitative estimate of drug-likeness (QED) is 0.794. The second kappa shape index (κ2) is 9.80. The molecule has 0 spiro atoms. The molecule has 1 aliphatic rings. The first-order chi connectivity index (χ1) is 11.7. The van der Waals surface area contributed by atoms with E-state index in [1.54, 1.807) is 11.3 Å². The van der Waals surface area contributed by atoms with Gasteiger partial charge in [-0.2, -0.15) is 0 Å². The normalized spacial score (nSPS) is 15.4. The third kappa shape index (κ3) is 5.46. The lowest BCUT2D eigenvalue weighted by atomic mass is 10.2. The number of hydrogen-bond donors (Lipinski definition) is 1. The molecule has 25 heavy (non-hydrogen) atoms. The highest BCUT2D eigenvalue weighted by molar-refractivity contribution is 7.10. The number of rotatable bonds is 7. The van der Waals surface area contributed by atoms with Crippen LogP contribution in [-0.4, -0.2) is 37.0 Å². The van der Waals surface area contributed by atoms with E-state index in [-0.39, 0.29) is 31.0 Å². The molecule has 1 saturated heterocycles. The number of para-hydroxylation sites is 1. The Morgan fingerprint density at radius 3 is 2.68 bits per heavy atom. The lowest BCUT2D eigenvalue weighted by molar-refractivity contribution is -0.123. The molecule has 1 unspecified atom stereocenters. The van der Waals surface area contributed by atoms with E-state index >= 15 is 0 Å². The lowest BCUT2D eigenvalue weighted by Gasteiger charge is -2.26. The molecule has 1 aromatic carbocycles.